The summed E-state index contributed by atoms with van der Waals surface area (Å²) in [4.78, 5) is 14.4. The highest BCUT2D eigenvalue weighted by Gasteiger charge is 2.18. The Balaban J connectivity index is 1.83. The van der Waals surface area contributed by atoms with Crippen LogP contribution in [0, 0.1) is 5.92 Å². The van der Waals surface area contributed by atoms with Crippen LogP contribution in [0.25, 0.3) is 0 Å². The predicted octanol–water partition coefficient (Wildman–Crippen LogP) is 1.93. The molecular formula is C14H20BrN3O. The number of piperazine rings is 1. The Bertz CT molecular complexity index is 415. The summed E-state index contributed by atoms with van der Waals surface area (Å²) in [6.45, 7) is 6.88. The van der Waals surface area contributed by atoms with Crippen molar-refractivity contribution in [1.29, 1.82) is 0 Å². The minimum atomic E-state index is 0.00162. The fourth-order valence-electron chi connectivity index (χ4n) is 2.16. The standard InChI is InChI=1S/C14H20BrN3O/c1-11(10-18-8-6-16-7-9-18)14(19)17-13-4-2-12(15)3-5-13/h2-5,11,16H,6-10H2,1H3,(H,17,19). The number of carbonyl (C=O) groups excluding carboxylic acids is 1. The van der Waals surface area contributed by atoms with E-state index in [2.05, 4.69) is 31.5 Å². The Morgan fingerprint density at radius 3 is 2.63 bits per heavy atom. The van der Waals surface area contributed by atoms with Gasteiger partial charge in [-0.3, -0.25) is 4.79 Å². The highest BCUT2D eigenvalue weighted by atomic mass is 79.9. The molecule has 1 amide bonds. The van der Waals surface area contributed by atoms with Crippen LogP contribution in [0.15, 0.2) is 28.7 Å². The first-order chi connectivity index (χ1) is 9.15. The molecule has 1 atom stereocenters. The molecule has 2 rings (SSSR count). The lowest BCUT2D eigenvalue weighted by molar-refractivity contribution is -0.120. The van der Waals surface area contributed by atoms with E-state index in [0.717, 1.165) is 42.9 Å². The second-order valence-corrected chi connectivity index (χ2v) is 5.86. The first-order valence-electron chi connectivity index (χ1n) is 6.64. The number of hydrogen-bond donors (Lipinski definition) is 2. The van der Waals surface area contributed by atoms with Gasteiger partial charge in [-0.15, -0.1) is 0 Å². The molecule has 1 saturated heterocycles. The molecule has 1 heterocycles. The van der Waals surface area contributed by atoms with Crippen molar-refractivity contribution in [3.63, 3.8) is 0 Å². The van der Waals surface area contributed by atoms with Crippen molar-refractivity contribution in [2.45, 2.75) is 6.92 Å². The molecule has 0 aromatic heterocycles. The van der Waals surface area contributed by atoms with E-state index in [-0.39, 0.29) is 11.8 Å². The second kappa shape index (κ2) is 7.03. The van der Waals surface area contributed by atoms with Crippen molar-refractivity contribution in [2.75, 3.05) is 38.0 Å². The maximum absolute atomic E-state index is 12.1. The number of hydrogen-bond acceptors (Lipinski definition) is 3. The molecule has 0 bridgehead atoms. The summed E-state index contributed by atoms with van der Waals surface area (Å²) in [6, 6.07) is 7.66. The highest BCUT2D eigenvalue weighted by Crippen LogP contribution is 2.15. The Morgan fingerprint density at radius 2 is 2.00 bits per heavy atom. The van der Waals surface area contributed by atoms with Crippen LogP contribution in [0.2, 0.25) is 0 Å². The van der Waals surface area contributed by atoms with E-state index in [1.807, 2.05) is 31.2 Å². The van der Waals surface area contributed by atoms with Crippen LogP contribution in [0.5, 0.6) is 0 Å². The maximum atomic E-state index is 12.1. The van der Waals surface area contributed by atoms with Crippen molar-refractivity contribution >= 4 is 27.5 Å². The van der Waals surface area contributed by atoms with Gasteiger partial charge in [0.05, 0.1) is 0 Å². The molecule has 0 aliphatic carbocycles. The van der Waals surface area contributed by atoms with Crippen LogP contribution >= 0.6 is 15.9 Å². The molecule has 4 nitrogen and oxygen atoms in total. The molecule has 2 N–H and O–H groups in total. The predicted molar refractivity (Wildman–Crippen MR) is 81.2 cm³/mol. The smallest absolute Gasteiger partial charge is 0.228 e. The molecule has 1 aromatic carbocycles. The molecule has 1 aromatic rings. The highest BCUT2D eigenvalue weighted by molar-refractivity contribution is 9.10. The molecule has 1 unspecified atom stereocenters. The van der Waals surface area contributed by atoms with Gasteiger partial charge < -0.3 is 15.5 Å². The monoisotopic (exact) mass is 325 g/mol. The summed E-state index contributed by atoms with van der Waals surface area (Å²) >= 11 is 3.38. The number of benzene rings is 1. The molecule has 0 saturated carbocycles. The van der Waals surface area contributed by atoms with Gasteiger partial charge in [0.25, 0.3) is 0 Å². The molecule has 1 aliphatic heterocycles. The Morgan fingerprint density at radius 1 is 1.37 bits per heavy atom. The van der Waals surface area contributed by atoms with Crippen LogP contribution in [0.1, 0.15) is 6.92 Å². The third kappa shape index (κ3) is 4.60. The first-order valence-corrected chi connectivity index (χ1v) is 7.44. The summed E-state index contributed by atoms with van der Waals surface area (Å²) in [5, 5.41) is 6.27. The number of nitrogens with one attached hydrogen (secondary N) is 2. The van der Waals surface area contributed by atoms with Crippen molar-refractivity contribution < 1.29 is 4.79 Å². The van der Waals surface area contributed by atoms with Gasteiger partial charge in [-0.2, -0.15) is 0 Å². The Kier molecular flexibility index (Phi) is 5.36. The van der Waals surface area contributed by atoms with Crippen LogP contribution in [0.4, 0.5) is 5.69 Å². The van der Waals surface area contributed by atoms with E-state index in [0.29, 0.717) is 0 Å². The van der Waals surface area contributed by atoms with E-state index < -0.39 is 0 Å². The van der Waals surface area contributed by atoms with E-state index in [1.165, 1.54) is 0 Å². The minimum absolute atomic E-state index is 0.00162. The number of halogens is 1. The van der Waals surface area contributed by atoms with Gasteiger partial charge in [0.15, 0.2) is 0 Å². The maximum Gasteiger partial charge on any atom is 0.228 e. The third-order valence-corrected chi connectivity index (χ3v) is 3.83. The average Bonchev–Trinajstić information content (AvgIpc) is 2.42. The normalized spacial score (nSPS) is 18.0. The zero-order chi connectivity index (χ0) is 13.7. The van der Waals surface area contributed by atoms with Crippen molar-refractivity contribution in [1.82, 2.24) is 10.2 Å². The third-order valence-electron chi connectivity index (χ3n) is 3.30. The number of anilines is 1. The lowest BCUT2D eigenvalue weighted by Gasteiger charge is -2.29. The summed E-state index contributed by atoms with van der Waals surface area (Å²) < 4.78 is 1.01. The average molecular weight is 326 g/mol. The number of rotatable bonds is 4. The molecule has 104 valence electrons. The summed E-state index contributed by atoms with van der Waals surface area (Å²) in [5.74, 6) is 0.0857. The SMILES string of the molecule is CC(CN1CCNCC1)C(=O)Nc1ccc(Br)cc1. The molecule has 0 radical (unpaired) electrons. The van der Waals surface area contributed by atoms with Gasteiger partial charge in [-0.05, 0) is 24.3 Å². The first kappa shape index (κ1) is 14.5. The van der Waals surface area contributed by atoms with E-state index >= 15 is 0 Å². The molecule has 5 heteroatoms. The van der Waals surface area contributed by atoms with Gasteiger partial charge in [0, 0.05) is 48.8 Å². The fourth-order valence-corrected chi connectivity index (χ4v) is 2.43. The fraction of sp³-hybridized carbons (Fsp3) is 0.500. The van der Waals surface area contributed by atoms with Gasteiger partial charge in [-0.25, -0.2) is 0 Å². The quantitative estimate of drug-likeness (QED) is 0.889. The number of amides is 1. The van der Waals surface area contributed by atoms with E-state index in [9.17, 15) is 4.79 Å². The molecule has 1 fully saturated rings. The van der Waals surface area contributed by atoms with Crippen LogP contribution in [-0.4, -0.2) is 43.5 Å². The van der Waals surface area contributed by atoms with Gasteiger partial charge in [0.2, 0.25) is 5.91 Å². The molecule has 0 spiro atoms. The topological polar surface area (TPSA) is 44.4 Å². The van der Waals surface area contributed by atoms with Crippen molar-refractivity contribution in [3.05, 3.63) is 28.7 Å². The zero-order valence-corrected chi connectivity index (χ0v) is 12.7. The molecular weight excluding hydrogens is 306 g/mol. The van der Waals surface area contributed by atoms with Gasteiger partial charge >= 0.3 is 0 Å². The lowest BCUT2D eigenvalue weighted by Crippen LogP contribution is -2.46. The van der Waals surface area contributed by atoms with Crippen LogP contribution < -0.4 is 10.6 Å². The van der Waals surface area contributed by atoms with Crippen LogP contribution in [0.3, 0.4) is 0 Å². The van der Waals surface area contributed by atoms with Gasteiger partial charge in [0.1, 0.15) is 0 Å². The van der Waals surface area contributed by atoms with E-state index in [1.54, 1.807) is 0 Å². The molecule has 19 heavy (non-hydrogen) atoms. The largest absolute Gasteiger partial charge is 0.326 e. The summed E-state index contributed by atoms with van der Waals surface area (Å²) in [7, 11) is 0. The van der Waals surface area contributed by atoms with Crippen molar-refractivity contribution in [3.8, 4) is 0 Å². The summed E-state index contributed by atoms with van der Waals surface area (Å²) in [6.07, 6.45) is 0. The van der Waals surface area contributed by atoms with Crippen LogP contribution in [-0.2, 0) is 4.79 Å². The Labute approximate surface area is 122 Å². The molecule has 1 aliphatic rings. The lowest BCUT2D eigenvalue weighted by atomic mass is 10.1. The Hall–Kier alpha value is -0.910. The summed E-state index contributed by atoms with van der Waals surface area (Å²) in [5.41, 5.74) is 0.848. The van der Waals surface area contributed by atoms with Crippen molar-refractivity contribution in [2.24, 2.45) is 5.92 Å². The minimum Gasteiger partial charge on any atom is -0.326 e. The zero-order valence-electron chi connectivity index (χ0n) is 11.2. The number of carbonyl (C=O) groups is 1. The van der Waals surface area contributed by atoms with E-state index in [4.69, 9.17) is 0 Å². The number of nitrogens with zero attached hydrogens (tertiary/aromatic N) is 1. The second-order valence-electron chi connectivity index (χ2n) is 4.95. The van der Waals surface area contributed by atoms with Gasteiger partial charge in [-0.1, -0.05) is 22.9 Å².